The van der Waals surface area contributed by atoms with Crippen molar-refractivity contribution in [3.05, 3.63) is 94.3 Å². The van der Waals surface area contributed by atoms with Crippen LogP contribution in [0.3, 0.4) is 0 Å². The Balaban J connectivity index is 1.65. The molecule has 0 aromatic heterocycles. The van der Waals surface area contributed by atoms with Crippen molar-refractivity contribution < 1.29 is 9.13 Å². The minimum absolute atomic E-state index is 0.196. The molecule has 0 amide bonds. The van der Waals surface area contributed by atoms with E-state index in [1.807, 2.05) is 49.4 Å². The van der Waals surface area contributed by atoms with Gasteiger partial charge in [0.05, 0.1) is 5.69 Å². The second-order valence-corrected chi connectivity index (χ2v) is 6.00. The van der Waals surface area contributed by atoms with Crippen molar-refractivity contribution in [3.8, 4) is 5.75 Å². The highest BCUT2D eigenvalue weighted by atomic mass is 35.5. The summed E-state index contributed by atoms with van der Waals surface area (Å²) >= 11 is 6.10. The van der Waals surface area contributed by atoms with E-state index in [2.05, 4.69) is 4.99 Å². The predicted molar refractivity (Wildman–Crippen MR) is 101 cm³/mol. The van der Waals surface area contributed by atoms with Gasteiger partial charge >= 0.3 is 0 Å². The molecule has 0 unspecified atom stereocenters. The van der Waals surface area contributed by atoms with Crippen LogP contribution in [-0.2, 0) is 6.61 Å². The summed E-state index contributed by atoms with van der Waals surface area (Å²) in [5, 5.41) is 0.701. The summed E-state index contributed by atoms with van der Waals surface area (Å²) in [5.41, 5.74) is 3.26. The first-order chi connectivity index (χ1) is 12.1. The molecule has 0 atom stereocenters. The van der Waals surface area contributed by atoms with Gasteiger partial charge in [-0.1, -0.05) is 35.9 Å². The number of benzene rings is 3. The molecular formula is C21H17ClFNO. The Kier molecular flexibility index (Phi) is 5.46. The minimum Gasteiger partial charge on any atom is -0.489 e. The van der Waals surface area contributed by atoms with E-state index in [0.29, 0.717) is 16.3 Å². The molecule has 0 spiro atoms. The summed E-state index contributed by atoms with van der Waals surface area (Å²) < 4.78 is 19.2. The van der Waals surface area contributed by atoms with Gasteiger partial charge in [-0.3, -0.25) is 4.99 Å². The molecule has 0 aliphatic carbocycles. The summed E-state index contributed by atoms with van der Waals surface area (Å²) in [6.07, 6.45) is 1.78. The van der Waals surface area contributed by atoms with Crippen LogP contribution in [0, 0.1) is 12.7 Å². The van der Waals surface area contributed by atoms with Crippen LogP contribution in [-0.4, -0.2) is 6.21 Å². The van der Waals surface area contributed by atoms with Crippen molar-refractivity contribution in [2.45, 2.75) is 13.5 Å². The fraction of sp³-hybridized carbons (Fsp3) is 0.0952. The van der Waals surface area contributed by atoms with Gasteiger partial charge < -0.3 is 4.74 Å². The molecule has 0 radical (unpaired) electrons. The van der Waals surface area contributed by atoms with Gasteiger partial charge in [0.1, 0.15) is 18.2 Å². The van der Waals surface area contributed by atoms with Gasteiger partial charge in [0.2, 0.25) is 0 Å². The Morgan fingerprint density at radius 3 is 2.52 bits per heavy atom. The first kappa shape index (κ1) is 17.2. The summed E-state index contributed by atoms with van der Waals surface area (Å²) in [7, 11) is 0. The van der Waals surface area contributed by atoms with Crippen molar-refractivity contribution in [1.82, 2.24) is 0 Å². The van der Waals surface area contributed by atoms with Gasteiger partial charge in [0.15, 0.2) is 0 Å². The fourth-order valence-electron chi connectivity index (χ4n) is 2.31. The van der Waals surface area contributed by atoms with Crippen LogP contribution in [0.15, 0.2) is 71.7 Å². The van der Waals surface area contributed by atoms with E-state index in [1.165, 1.54) is 6.07 Å². The zero-order valence-corrected chi connectivity index (χ0v) is 14.5. The molecule has 0 heterocycles. The topological polar surface area (TPSA) is 21.6 Å². The third-order valence-corrected chi connectivity index (χ3v) is 4.23. The maximum Gasteiger partial charge on any atom is 0.129 e. The Bertz CT molecular complexity index is 891. The standard InChI is InChI=1S/C21H17ClFNO/c1-15-19(22)6-4-8-21(15)24-13-16-9-11-18(12-10-16)25-14-17-5-2-3-7-20(17)23/h2-13H,14H2,1H3. The fourth-order valence-corrected chi connectivity index (χ4v) is 2.48. The smallest absolute Gasteiger partial charge is 0.129 e. The van der Waals surface area contributed by atoms with Crippen molar-refractivity contribution in [2.24, 2.45) is 4.99 Å². The van der Waals surface area contributed by atoms with E-state index >= 15 is 0 Å². The van der Waals surface area contributed by atoms with Gasteiger partial charge in [-0.25, -0.2) is 4.39 Å². The number of nitrogens with zero attached hydrogens (tertiary/aromatic N) is 1. The minimum atomic E-state index is -0.261. The molecule has 0 bridgehead atoms. The lowest BCUT2D eigenvalue weighted by molar-refractivity contribution is 0.300. The summed E-state index contributed by atoms with van der Waals surface area (Å²) in [6.45, 7) is 2.14. The molecule has 2 nitrogen and oxygen atoms in total. The predicted octanol–water partition coefficient (Wildman–Crippen LogP) is 6.12. The Hall–Kier alpha value is -2.65. The molecule has 0 fully saturated rings. The first-order valence-corrected chi connectivity index (χ1v) is 8.27. The number of rotatable bonds is 5. The molecule has 0 aliphatic rings. The van der Waals surface area contributed by atoms with Crippen molar-refractivity contribution >= 4 is 23.5 Å². The summed E-state index contributed by atoms with van der Waals surface area (Å²) in [5.74, 6) is 0.419. The molecule has 0 N–H and O–H groups in total. The molecule has 25 heavy (non-hydrogen) atoms. The molecule has 3 aromatic carbocycles. The molecule has 4 heteroatoms. The molecule has 3 aromatic rings. The average molecular weight is 354 g/mol. The van der Waals surface area contributed by atoms with E-state index in [0.717, 1.165) is 16.8 Å². The largest absolute Gasteiger partial charge is 0.489 e. The van der Waals surface area contributed by atoms with Crippen LogP contribution >= 0.6 is 11.6 Å². The maximum absolute atomic E-state index is 13.6. The van der Waals surface area contributed by atoms with Crippen LogP contribution in [0.25, 0.3) is 0 Å². The molecule has 0 aliphatic heterocycles. The maximum atomic E-state index is 13.6. The SMILES string of the molecule is Cc1c(Cl)cccc1N=Cc1ccc(OCc2ccccc2F)cc1. The zero-order valence-electron chi connectivity index (χ0n) is 13.7. The summed E-state index contributed by atoms with van der Waals surface area (Å²) in [4.78, 5) is 4.47. The van der Waals surface area contributed by atoms with E-state index in [-0.39, 0.29) is 12.4 Å². The molecule has 126 valence electrons. The average Bonchev–Trinajstić information content (AvgIpc) is 2.63. The second kappa shape index (κ2) is 7.95. The monoisotopic (exact) mass is 353 g/mol. The molecular weight excluding hydrogens is 337 g/mol. The van der Waals surface area contributed by atoms with Gasteiger partial charge in [-0.15, -0.1) is 0 Å². The highest BCUT2D eigenvalue weighted by Gasteiger charge is 2.02. The van der Waals surface area contributed by atoms with Crippen LogP contribution < -0.4 is 4.74 Å². The quantitative estimate of drug-likeness (QED) is 0.506. The molecule has 0 saturated heterocycles. The highest BCUT2D eigenvalue weighted by Crippen LogP contribution is 2.25. The van der Waals surface area contributed by atoms with E-state index in [1.54, 1.807) is 24.4 Å². The third-order valence-electron chi connectivity index (χ3n) is 3.82. The van der Waals surface area contributed by atoms with Gasteiger partial charge in [0.25, 0.3) is 0 Å². The van der Waals surface area contributed by atoms with Crippen molar-refractivity contribution in [1.29, 1.82) is 0 Å². The lowest BCUT2D eigenvalue weighted by atomic mass is 10.2. The number of hydrogen-bond acceptors (Lipinski definition) is 2. The first-order valence-electron chi connectivity index (χ1n) is 7.89. The van der Waals surface area contributed by atoms with Crippen LogP contribution in [0.2, 0.25) is 5.02 Å². The highest BCUT2D eigenvalue weighted by molar-refractivity contribution is 6.31. The van der Waals surface area contributed by atoms with Gasteiger partial charge in [-0.2, -0.15) is 0 Å². The van der Waals surface area contributed by atoms with Crippen molar-refractivity contribution in [2.75, 3.05) is 0 Å². The normalized spacial score (nSPS) is 11.0. The van der Waals surface area contributed by atoms with Gasteiger partial charge in [0, 0.05) is 16.8 Å². The van der Waals surface area contributed by atoms with E-state index in [4.69, 9.17) is 16.3 Å². The Morgan fingerprint density at radius 1 is 1.00 bits per heavy atom. The Labute approximate surface area is 151 Å². The number of hydrogen-bond donors (Lipinski definition) is 0. The number of aliphatic imine (C=N–C) groups is 1. The summed E-state index contributed by atoms with van der Waals surface area (Å²) in [6, 6.07) is 19.7. The van der Waals surface area contributed by atoms with Gasteiger partial charge in [-0.05, 0) is 60.5 Å². The van der Waals surface area contributed by atoms with Crippen LogP contribution in [0.1, 0.15) is 16.7 Å². The van der Waals surface area contributed by atoms with Crippen LogP contribution in [0.5, 0.6) is 5.75 Å². The van der Waals surface area contributed by atoms with Crippen molar-refractivity contribution in [3.63, 3.8) is 0 Å². The molecule has 3 rings (SSSR count). The second-order valence-electron chi connectivity index (χ2n) is 5.59. The lowest BCUT2D eigenvalue weighted by Crippen LogP contribution is -1.98. The van der Waals surface area contributed by atoms with E-state index in [9.17, 15) is 4.39 Å². The lowest BCUT2D eigenvalue weighted by Gasteiger charge is -2.07. The number of halogens is 2. The van der Waals surface area contributed by atoms with Crippen LogP contribution in [0.4, 0.5) is 10.1 Å². The molecule has 0 saturated carbocycles. The Morgan fingerprint density at radius 2 is 1.76 bits per heavy atom. The number of ether oxygens (including phenoxy) is 1. The third kappa shape index (κ3) is 4.46. The zero-order chi connectivity index (χ0) is 17.6. The van der Waals surface area contributed by atoms with E-state index < -0.39 is 0 Å².